The number of nitrogens with one attached hydrogen (secondary N) is 2. The number of ether oxygens (including phenoxy) is 1. The summed E-state index contributed by atoms with van der Waals surface area (Å²) >= 11 is 0. The van der Waals surface area contributed by atoms with Crippen LogP contribution in [0.3, 0.4) is 0 Å². The van der Waals surface area contributed by atoms with Gasteiger partial charge in [-0.1, -0.05) is 0 Å². The SMILES string of the molecule is CCOCC(C)Nc1cc(NN)nc(C2CC2)n1. The van der Waals surface area contributed by atoms with E-state index in [4.69, 9.17) is 10.6 Å². The molecule has 1 aliphatic rings. The van der Waals surface area contributed by atoms with Crippen molar-refractivity contribution in [3.05, 3.63) is 11.9 Å². The maximum absolute atomic E-state index is 5.43. The minimum absolute atomic E-state index is 0.206. The predicted molar refractivity (Wildman–Crippen MR) is 71.4 cm³/mol. The Kier molecular flexibility index (Phi) is 4.33. The Morgan fingerprint density at radius 2 is 2.17 bits per heavy atom. The zero-order valence-corrected chi connectivity index (χ0v) is 10.9. The van der Waals surface area contributed by atoms with Crippen molar-refractivity contribution in [1.82, 2.24) is 9.97 Å². The largest absolute Gasteiger partial charge is 0.380 e. The molecule has 1 aromatic heterocycles. The molecule has 1 heterocycles. The highest BCUT2D eigenvalue weighted by Crippen LogP contribution is 2.38. The summed E-state index contributed by atoms with van der Waals surface area (Å²) in [5, 5.41) is 3.30. The van der Waals surface area contributed by atoms with Crippen LogP contribution in [0.1, 0.15) is 38.4 Å². The lowest BCUT2D eigenvalue weighted by atomic mass is 10.3. The van der Waals surface area contributed by atoms with E-state index in [0.29, 0.717) is 18.3 Å². The van der Waals surface area contributed by atoms with E-state index in [1.54, 1.807) is 0 Å². The zero-order chi connectivity index (χ0) is 13.0. The second kappa shape index (κ2) is 5.97. The van der Waals surface area contributed by atoms with E-state index < -0.39 is 0 Å². The van der Waals surface area contributed by atoms with Gasteiger partial charge in [0.15, 0.2) is 0 Å². The summed E-state index contributed by atoms with van der Waals surface area (Å²) in [7, 11) is 0. The molecule has 0 amide bonds. The Labute approximate surface area is 107 Å². The van der Waals surface area contributed by atoms with Crippen molar-refractivity contribution in [2.75, 3.05) is 24.0 Å². The third-order valence-corrected chi connectivity index (χ3v) is 2.80. The number of hydrogen-bond donors (Lipinski definition) is 3. The molecule has 0 bridgehead atoms. The second-order valence-corrected chi connectivity index (χ2v) is 4.62. The lowest BCUT2D eigenvalue weighted by Gasteiger charge is -2.15. The van der Waals surface area contributed by atoms with Crippen molar-refractivity contribution < 1.29 is 4.74 Å². The van der Waals surface area contributed by atoms with Crippen LogP contribution in [0.4, 0.5) is 11.6 Å². The lowest BCUT2D eigenvalue weighted by molar-refractivity contribution is 0.141. The van der Waals surface area contributed by atoms with Crippen LogP contribution in [0, 0.1) is 0 Å². The van der Waals surface area contributed by atoms with Crippen LogP contribution in [0.5, 0.6) is 0 Å². The minimum Gasteiger partial charge on any atom is -0.380 e. The quantitative estimate of drug-likeness (QED) is 0.503. The maximum atomic E-state index is 5.43. The topological polar surface area (TPSA) is 85.1 Å². The van der Waals surface area contributed by atoms with Crippen molar-refractivity contribution >= 4 is 11.6 Å². The Balaban J connectivity index is 2.04. The fraction of sp³-hybridized carbons (Fsp3) is 0.667. The summed E-state index contributed by atoms with van der Waals surface area (Å²) < 4.78 is 5.37. The third-order valence-electron chi connectivity index (χ3n) is 2.80. The Morgan fingerprint density at radius 1 is 1.44 bits per heavy atom. The number of anilines is 2. The number of hydrogen-bond acceptors (Lipinski definition) is 6. The van der Waals surface area contributed by atoms with Crippen LogP contribution in [-0.4, -0.2) is 29.2 Å². The molecular formula is C12H21N5O. The van der Waals surface area contributed by atoms with Gasteiger partial charge in [0.1, 0.15) is 17.5 Å². The van der Waals surface area contributed by atoms with Gasteiger partial charge >= 0.3 is 0 Å². The van der Waals surface area contributed by atoms with Crippen LogP contribution < -0.4 is 16.6 Å². The van der Waals surface area contributed by atoms with Gasteiger partial charge in [-0.15, -0.1) is 0 Å². The molecule has 0 spiro atoms. The fourth-order valence-corrected chi connectivity index (χ4v) is 1.73. The highest BCUT2D eigenvalue weighted by Gasteiger charge is 2.27. The predicted octanol–water partition coefficient (Wildman–Crippen LogP) is 1.48. The van der Waals surface area contributed by atoms with Gasteiger partial charge < -0.3 is 15.5 Å². The molecule has 2 rings (SSSR count). The number of nitrogen functional groups attached to an aromatic ring is 1. The van der Waals surface area contributed by atoms with Crippen molar-refractivity contribution in [1.29, 1.82) is 0 Å². The second-order valence-electron chi connectivity index (χ2n) is 4.62. The number of hydrazine groups is 1. The van der Waals surface area contributed by atoms with Gasteiger partial charge in [0, 0.05) is 24.6 Å². The maximum Gasteiger partial charge on any atom is 0.145 e. The van der Waals surface area contributed by atoms with E-state index in [1.807, 2.05) is 13.0 Å². The minimum atomic E-state index is 0.206. The van der Waals surface area contributed by atoms with Crippen LogP contribution in [0.2, 0.25) is 0 Å². The summed E-state index contributed by atoms with van der Waals surface area (Å²) in [6, 6.07) is 2.02. The van der Waals surface area contributed by atoms with Crippen LogP contribution in [0.25, 0.3) is 0 Å². The first-order valence-electron chi connectivity index (χ1n) is 6.42. The van der Waals surface area contributed by atoms with Crippen LogP contribution >= 0.6 is 0 Å². The summed E-state index contributed by atoms with van der Waals surface area (Å²) in [6.07, 6.45) is 2.34. The zero-order valence-electron chi connectivity index (χ0n) is 10.9. The summed E-state index contributed by atoms with van der Waals surface area (Å²) in [5.74, 6) is 8.25. The molecule has 6 nitrogen and oxygen atoms in total. The Morgan fingerprint density at radius 3 is 2.78 bits per heavy atom. The molecule has 4 N–H and O–H groups in total. The van der Waals surface area contributed by atoms with E-state index >= 15 is 0 Å². The molecule has 0 aromatic carbocycles. The van der Waals surface area contributed by atoms with E-state index in [2.05, 4.69) is 27.6 Å². The van der Waals surface area contributed by atoms with E-state index in [1.165, 1.54) is 12.8 Å². The van der Waals surface area contributed by atoms with E-state index in [9.17, 15) is 0 Å². The molecule has 1 atom stereocenters. The first-order chi connectivity index (χ1) is 8.72. The summed E-state index contributed by atoms with van der Waals surface area (Å²) in [6.45, 7) is 5.42. The molecular weight excluding hydrogens is 230 g/mol. The highest BCUT2D eigenvalue weighted by atomic mass is 16.5. The lowest BCUT2D eigenvalue weighted by Crippen LogP contribution is -2.23. The Hall–Kier alpha value is -1.40. The standard InChI is InChI=1S/C12H21N5O/c1-3-18-7-8(2)14-10-6-11(17-13)16-12(15-10)9-4-5-9/h6,8-9H,3-5,7,13H2,1-2H3,(H2,14,15,16,17). The van der Waals surface area contributed by atoms with Gasteiger partial charge in [0.05, 0.1) is 6.61 Å². The van der Waals surface area contributed by atoms with Crippen LogP contribution in [-0.2, 0) is 4.74 Å². The van der Waals surface area contributed by atoms with E-state index in [-0.39, 0.29) is 6.04 Å². The molecule has 1 aromatic rings. The normalized spacial score (nSPS) is 16.4. The number of nitrogens with zero attached hydrogens (tertiary/aromatic N) is 2. The first kappa shape index (κ1) is 13.0. The number of rotatable bonds is 7. The molecule has 0 radical (unpaired) electrons. The van der Waals surface area contributed by atoms with Crippen molar-refractivity contribution in [2.45, 2.75) is 38.6 Å². The van der Waals surface area contributed by atoms with Crippen molar-refractivity contribution in [3.8, 4) is 0 Å². The van der Waals surface area contributed by atoms with Gasteiger partial charge in [-0.05, 0) is 26.7 Å². The monoisotopic (exact) mass is 251 g/mol. The smallest absolute Gasteiger partial charge is 0.145 e. The molecule has 0 saturated heterocycles. The highest BCUT2D eigenvalue weighted by molar-refractivity contribution is 5.48. The molecule has 0 aliphatic heterocycles. The molecule has 100 valence electrons. The van der Waals surface area contributed by atoms with Gasteiger partial charge in [-0.2, -0.15) is 0 Å². The number of nitrogens with two attached hydrogens (primary N) is 1. The average Bonchev–Trinajstić information content (AvgIpc) is 3.20. The van der Waals surface area contributed by atoms with Gasteiger partial charge in [-0.25, -0.2) is 15.8 Å². The summed E-state index contributed by atoms with van der Waals surface area (Å²) in [5.41, 5.74) is 2.58. The third kappa shape index (κ3) is 3.54. The molecule has 1 fully saturated rings. The molecule has 6 heteroatoms. The van der Waals surface area contributed by atoms with Crippen molar-refractivity contribution in [3.63, 3.8) is 0 Å². The summed E-state index contributed by atoms with van der Waals surface area (Å²) in [4.78, 5) is 8.88. The molecule has 1 aliphatic carbocycles. The Bertz CT molecular complexity index is 394. The molecule has 1 saturated carbocycles. The molecule has 18 heavy (non-hydrogen) atoms. The van der Waals surface area contributed by atoms with Crippen molar-refractivity contribution in [2.24, 2.45) is 5.84 Å². The van der Waals surface area contributed by atoms with Gasteiger partial charge in [0.2, 0.25) is 0 Å². The van der Waals surface area contributed by atoms with E-state index in [0.717, 1.165) is 18.2 Å². The van der Waals surface area contributed by atoms with Gasteiger partial charge in [0.25, 0.3) is 0 Å². The van der Waals surface area contributed by atoms with Crippen LogP contribution in [0.15, 0.2) is 6.07 Å². The average molecular weight is 251 g/mol. The van der Waals surface area contributed by atoms with Gasteiger partial charge in [-0.3, -0.25) is 0 Å². The first-order valence-corrected chi connectivity index (χ1v) is 6.42. The number of aromatic nitrogens is 2. The fourth-order valence-electron chi connectivity index (χ4n) is 1.73. The molecule has 1 unspecified atom stereocenters.